The predicted octanol–water partition coefficient (Wildman–Crippen LogP) is 7.86. The minimum Gasteiger partial charge on any atom is -0.497 e. The maximum atomic E-state index is 14.4. The predicted molar refractivity (Wildman–Crippen MR) is 180 cm³/mol. The van der Waals surface area contributed by atoms with E-state index in [0.717, 1.165) is 0 Å². The van der Waals surface area contributed by atoms with Gasteiger partial charge in [0.25, 0.3) is 5.91 Å². The number of anilines is 2. The summed E-state index contributed by atoms with van der Waals surface area (Å²) >= 11 is 6.24. The molecule has 4 rings (SSSR count). The van der Waals surface area contributed by atoms with E-state index in [9.17, 15) is 22.8 Å². The summed E-state index contributed by atoms with van der Waals surface area (Å²) in [4.78, 5) is 34.1. The Bertz CT molecular complexity index is 1740. The molecule has 0 fully saturated rings. The van der Waals surface area contributed by atoms with Crippen molar-refractivity contribution in [1.82, 2.24) is 0 Å². The second kappa shape index (κ2) is 14.5. The highest BCUT2D eigenvalue weighted by atomic mass is 35.5. The topological polar surface area (TPSA) is 108 Å². The van der Waals surface area contributed by atoms with Crippen molar-refractivity contribution in [3.05, 3.63) is 76.3 Å². The molecule has 0 radical (unpaired) electrons. The van der Waals surface area contributed by atoms with Crippen LogP contribution in [0.5, 0.6) is 17.2 Å². The van der Waals surface area contributed by atoms with Crippen LogP contribution in [-0.4, -0.2) is 55.9 Å². The van der Waals surface area contributed by atoms with Crippen LogP contribution in [0.2, 0.25) is 5.02 Å². The van der Waals surface area contributed by atoms with Crippen molar-refractivity contribution >= 4 is 40.6 Å². The van der Waals surface area contributed by atoms with Gasteiger partial charge in [-0.25, -0.2) is 4.79 Å². The normalized spacial score (nSPS) is 14.1. The summed E-state index contributed by atoms with van der Waals surface area (Å²) < 4.78 is 59.8. The van der Waals surface area contributed by atoms with Gasteiger partial charge in [0.05, 0.1) is 25.6 Å². The molecule has 1 heterocycles. The molecule has 0 aromatic heterocycles. The molecule has 1 unspecified atom stereocenters. The highest BCUT2D eigenvalue weighted by Crippen LogP contribution is 2.39. The summed E-state index contributed by atoms with van der Waals surface area (Å²) in [5.41, 5.74) is 0.645. The lowest BCUT2D eigenvalue weighted by molar-refractivity contribution is -0.274. The molecule has 264 valence electrons. The monoisotopic (exact) mass is 705 g/mol. The zero-order valence-electron chi connectivity index (χ0n) is 28.5. The number of benzene rings is 3. The number of nitrogens with zero attached hydrogens (tertiary/aromatic N) is 2. The van der Waals surface area contributed by atoms with Gasteiger partial charge in [-0.05, 0) is 83.9 Å². The molecule has 0 spiro atoms. The van der Waals surface area contributed by atoms with Crippen LogP contribution in [-0.2, 0) is 25.6 Å². The lowest BCUT2D eigenvalue weighted by Crippen LogP contribution is -2.40. The number of hydrogen-bond acceptors (Lipinski definition) is 9. The third kappa shape index (κ3) is 9.50. The molecule has 1 amide bonds. The zero-order valence-corrected chi connectivity index (χ0v) is 29.2. The molecule has 3 aromatic rings. The van der Waals surface area contributed by atoms with E-state index in [1.807, 2.05) is 0 Å². The average molecular weight is 706 g/mol. The van der Waals surface area contributed by atoms with E-state index >= 15 is 0 Å². The lowest BCUT2D eigenvalue weighted by atomic mass is 10.0. The van der Waals surface area contributed by atoms with Gasteiger partial charge in [0.1, 0.15) is 28.9 Å². The van der Waals surface area contributed by atoms with Crippen molar-refractivity contribution in [1.29, 1.82) is 0 Å². The molecule has 1 aliphatic heterocycles. The van der Waals surface area contributed by atoms with Crippen LogP contribution >= 0.6 is 11.6 Å². The maximum Gasteiger partial charge on any atom is 0.573 e. The summed E-state index contributed by atoms with van der Waals surface area (Å²) in [7, 11) is 2.91. The molecule has 10 nitrogen and oxygen atoms in total. The largest absolute Gasteiger partial charge is 0.573 e. The Kier molecular flexibility index (Phi) is 11.0. The minimum atomic E-state index is -4.90. The van der Waals surface area contributed by atoms with E-state index in [0.29, 0.717) is 56.7 Å². The lowest BCUT2D eigenvalue weighted by Gasteiger charge is -2.28. The third-order valence-corrected chi connectivity index (χ3v) is 7.61. The summed E-state index contributed by atoms with van der Waals surface area (Å²) in [6.45, 7) is 10.2. The fourth-order valence-corrected chi connectivity index (χ4v) is 5.15. The van der Waals surface area contributed by atoms with Crippen molar-refractivity contribution in [2.24, 2.45) is 5.16 Å². The standard InChI is InChI=1S/C35H39ClF3N3O7/c1-20(41-49-34(5,6)32(44)48-33(2,3)4)22-15-24(18-26(16-22)45-7)40-30(27-12-10-23(36)17-29(27)46-8)31(43)42-14-13-21-9-11-25(19-28(21)42)47-35(37,38)39/h9-12,15-19,30,40H,13-14H2,1-8H3. The van der Waals surface area contributed by atoms with Crippen LogP contribution in [0.1, 0.15) is 64.3 Å². The quantitative estimate of drug-likeness (QED) is 0.122. The molecule has 14 heteroatoms. The van der Waals surface area contributed by atoms with Crippen LogP contribution in [0.15, 0.2) is 59.8 Å². The summed E-state index contributed by atoms with van der Waals surface area (Å²) in [6.07, 6.45) is -4.47. The Labute approximate surface area is 288 Å². The molecular formula is C35H39ClF3N3O7. The van der Waals surface area contributed by atoms with Crippen LogP contribution in [0, 0.1) is 0 Å². The molecule has 0 aliphatic carbocycles. The first kappa shape index (κ1) is 37.2. The maximum absolute atomic E-state index is 14.4. The van der Waals surface area contributed by atoms with Crippen molar-refractivity contribution in [3.63, 3.8) is 0 Å². The number of methoxy groups -OCH3 is 2. The van der Waals surface area contributed by atoms with Gasteiger partial charge < -0.3 is 34.0 Å². The average Bonchev–Trinajstić information content (AvgIpc) is 3.43. The second-order valence-electron chi connectivity index (χ2n) is 12.8. The second-order valence-corrected chi connectivity index (χ2v) is 13.2. The number of nitrogens with one attached hydrogen (secondary N) is 1. The number of oxime groups is 1. The molecule has 49 heavy (non-hydrogen) atoms. The smallest absolute Gasteiger partial charge is 0.497 e. The van der Waals surface area contributed by atoms with E-state index in [1.54, 1.807) is 77.9 Å². The molecule has 0 saturated heterocycles. The number of fused-ring (bicyclic) bond motifs is 1. The SMILES string of the molecule is COc1cc(NC(C(=O)N2CCc3ccc(OC(F)(F)F)cc32)c2ccc(Cl)cc2OC)cc(C(C)=NOC(C)(C)C(=O)OC(C)(C)C)c1. The first-order valence-electron chi connectivity index (χ1n) is 15.3. The third-order valence-electron chi connectivity index (χ3n) is 7.38. The van der Waals surface area contributed by atoms with Gasteiger partial charge in [0, 0.05) is 40.5 Å². The van der Waals surface area contributed by atoms with E-state index in [2.05, 4.69) is 15.2 Å². The molecular weight excluding hydrogens is 667 g/mol. The van der Waals surface area contributed by atoms with Crippen LogP contribution in [0.3, 0.4) is 0 Å². The number of rotatable bonds is 11. The number of alkyl halides is 3. The van der Waals surface area contributed by atoms with Gasteiger partial charge in [0.15, 0.2) is 0 Å². The fraction of sp³-hybridized carbons (Fsp3) is 0.400. The van der Waals surface area contributed by atoms with Crippen molar-refractivity contribution in [3.8, 4) is 17.2 Å². The van der Waals surface area contributed by atoms with Gasteiger partial charge >= 0.3 is 12.3 Å². The number of hydrogen-bond donors (Lipinski definition) is 1. The molecule has 0 bridgehead atoms. The summed E-state index contributed by atoms with van der Waals surface area (Å²) in [5, 5.41) is 7.83. The van der Waals surface area contributed by atoms with Gasteiger partial charge in [-0.2, -0.15) is 0 Å². The van der Waals surface area contributed by atoms with Crippen molar-refractivity contribution in [2.75, 3.05) is 31.0 Å². The number of carbonyl (C=O) groups excluding carboxylic acids is 2. The van der Waals surface area contributed by atoms with Gasteiger partial charge in [-0.1, -0.05) is 28.9 Å². The molecule has 3 aromatic carbocycles. The van der Waals surface area contributed by atoms with Gasteiger partial charge in [-0.15, -0.1) is 13.2 Å². The van der Waals surface area contributed by atoms with Crippen molar-refractivity contribution in [2.45, 2.75) is 71.6 Å². The Morgan fingerprint density at radius 1 is 0.939 bits per heavy atom. The van der Waals surface area contributed by atoms with Crippen LogP contribution in [0.4, 0.5) is 24.5 Å². The first-order valence-corrected chi connectivity index (χ1v) is 15.6. The molecule has 1 aliphatic rings. The number of esters is 1. The Morgan fingerprint density at radius 2 is 1.65 bits per heavy atom. The van der Waals surface area contributed by atoms with Crippen molar-refractivity contribution < 1.29 is 46.5 Å². The van der Waals surface area contributed by atoms with Crippen LogP contribution < -0.4 is 24.4 Å². The Morgan fingerprint density at radius 3 is 2.29 bits per heavy atom. The molecule has 1 atom stereocenters. The number of amides is 1. The van der Waals surface area contributed by atoms with E-state index in [1.165, 1.54) is 37.3 Å². The summed E-state index contributed by atoms with van der Waals surface area (Å²) in [5.74, 6) is -0.783. The van der Waals surface area contributed by atoms with E-state index < -0.39 is 41.2 Å². The highest BCUT2D eigenvalue weighted by Gasteiger charge is 2.37. The molecule has 1 N–H and O–H groups in total. The minimum absolute atomic E-state index is 0.220. The van der Waals surface area contributed by atoms with E-state index in [-0.39, 0.29) is 6.54 Å². The number of halogens is 4. The Hall–Kier alpha value is -4.65. The summed E-state index contributed by atoms with van der Waals surface area (Å²) in [6, 6.07) is 12.7. The fourth-order valence-electron chi connectivity index (χ4n) is 4.99. The van der Waals surface area contributed by atoms with Gasteiger partial charge in [0.2, 0.25) is 5.60 Å². The number of ether oxygens (including phenoxy) is 4. The van der Waals surface area contributed by atoms with Crippen LogP contribution in [0.25, 0.3) is 0 Å². The molecule has 0 saturated carbocycles. The first-order chi connectivity index (χ1) is 22.8. The van der Waals surface area contributed by atoms with Gasteiger partial charge in [-0.3, -0.25) is 4.79 Å². The van der Waals surface area contributed by atoms with E-state index in [4.69, 9.17) is 30.6 Å². The highest BCUT2D eigenvalue weighted by molar-refractivity contribution is 6.30. The zero-order chi connectivity index (χ0) is 36.3. The Balaban J connectivity index is 1.72. The number of carbonyl (C=O) groups is 2.